The van der Waals surface area contributed by atoms with Gasteiger partial charge in [-0.2, -0.15) is 5.26 Å². The number of rotatable bonds is 5. The highest BCUT2D eigenvalue weighted by Crippen LogP contribution is 2.04. The molecule has 0 saturated carbocycles. The maximum absolute atomic E-state index is 12.2. The smallest absolute Gasteiger partial charge is 0.287 e. The maximum Gasteiger partial charge on any atom is 0.287 e. The van der Waals surface area contributed by atoms with Crippen molar-refractivity contribution in [2.75, 3.05) is 5.43 Å². The van der Waals surface area contributed by atoms with E-state index >= 15 is 0 Å². The van der Waals surface area contributed by atoms with Crippen molar-refractivity contribution in [2.24, 2.45) is 0 Å². The van der Waals surface area contributed by atoms with Crippen LogP contribution in [0, 0.1) is 25.2 Å². The van der Waals surface area contributed by atoms with Crippen LogP contribution in [0.25, 0.3) is 0 Å². The fourth-order valence-electron chi connectivity index (χ4n) is 2.02. The number of carbonyl (C=O) groups excluding carboxylic acids is 1. The number of aromatic nitrogens is 1. The van der Waals surface area contributed by atoms with E-state index in [2.05, 4.69) is 17.7 Å². The SMILES string of the molecule is CCCCCC(=O)NC(=S)Nn1c(C)cc(C)c(C#N)c1=O. The molecule has 0 atom stereocenters. The second-order valence-corrected chi connectivity index (χ2v) is 5.45. The highest BCUT2D eigenvalue weighted by Gasteiger charge is 2.12. The number of pyridine rings is 1. The standard InChI is InChI=1S/C15H20N4O2S/c1-4-5-6-7-13(20)17-15(22)18-19-11(3)8-10(2)12(9-16)14(19)21/h8H,4-7H2,1-3H3,(H2,17,18,20,22). The Balaban J connectivity index is 2.79. The molecule has 0 spiro atoms. The van der Waals surface area contributed by atoms with Crippen LogP contribution in [0.4, 0.5) is 0 Å². The number of amides is 1. The fourth-order valence-corrected chi connectivity index (χ4v) is 2.22. The van der Waals surface area contributed by atoms with Gasteiger partial charge in [0.05, 0.1) is 0 Å². The van der Waals surface area contributed by atoms with Gasteiger partial charge in [-0.3, -0.25) is 15.0 Å². The summed E-state index contributed by atoms with van der Waals surface area (Å²) in [5.41, 5.74) is 3.43. The van der Waals surface area contributed by atoms with Crippen LogP contribution in [0.2, 0.25) is 0 Å². The van der Waals surface area contributed by atoms with Crippen molar-refractivity contribution in [3.63, 3.8) is 0 Å². The van der Waals surface area contributed by atoms with Crippen molar-refractivity contribution in [1.82, 2.24) is 9.99 Å². The molecule has 118 valence electrons. The molecule has 1 aromatic rings. The van der Waals surface area contributed by atoms with E-state index in [1.165, 1.54) is 4.68 Å². The van der Waals surface area contributed by atoms with Crippen molar-refractivity contribution in [1.29, 1.82) is 5.26 Å². The number of nitrogens with zero attached hydrogens (tertiary/aromatic N) is 2. The van der Waals surface area contributed by atoms with E-state index in [0.29, 0.717) is 17.7 Å². The van der Waals surface area contributed by atoms with Gasteiger partial charge in [0.2, 0.25) is 5.91 Å². The molecule has 0 unspecified atom stereocenters. The molecular formula is C15H20N4O2S. The summed E-state index contributed by atoms with van der Waals surface area (Å²) in [6.07, 6.45) is 3.20. The van der Waals surface area contributed by atoms with Crippen LogP contribution in [0.15, 0.2) is 10.9 Å². The highest BCUT2D eigenvalue weighted by atomic mass is 32.1. The van der Waals surface area contributed by atoms with Crippen molar-refractivity contribution in [2.45, 2.75) is 46.5 Å². The van der Waals surface area contributed by atoms with Gasteiger partial charge in [0.1, 0.15) is 11.6 Å². The summed E-state index contributed by atoms with van der Waals surface area (Å²) >= 11 is 5.04. The zero-order valence-electron chi connectivity index (χ0n) is 13.0. The number of hydrogen-bond donors (Lipinski definition) is 2. The molecule has 0 fully saturated rings. The van der Waals surface area contributed by atoms with Crippen LogP contribution in [-0.2, 0) is 4.79 Å². The molecule has 0 saturated heterocycles. The molecule has 0 aliphatic rings. The molecule has 0 aliphatic heterocycles. The van der Waals surface area contributed by atoms with E-state index in [0.717, 1.165) is 19.3 Å². The van der Waals surface area contributed by atoms with Gasteiger partial charge in [-0.25, -0.2) is 4.68 Å². The molecule has 1 heterocycles. The molecule has 0 bridgehead atoms. The number of unbranched alkanes of at least 4 members (excludes halogenated alkanes) is 2. The third-order valence-electron chi connectivity index (χ3n) is 3.17. The average Bonchev–Trinajstić information content (AvgIpc) is 2.44. The van der Waals surface area contributed by atoms with Gasteiger partial charge in [0, 0.05) is 12.1 Å². The first-order valence-electron chi connectivity index (χ1n) is 7.14. The van der Waals surface area contributed by atoms with E-state index in [1.807, 2.05) is 6.07 Å². The first-order chi connectivity index (χ1) is 10.4. The molecule has 0 aliphatic carbocycles. The zero-order chi connectivity index (χ0) is 16.7. The van der Waals surface area contributed by atoms with Gasteiger partial charge in [-0.1, -0.05) is 19.8 Å². The molecule has 1 amide bonds. The minimum absolute atomic E-state index is 0.0411. The number of nitriles is 1. The molecule has 6 nitrogen and oxygen atoms in total. The lowest BCUT2D eigenvalue weighted by Crippen LogP contribution is -2.43. The fraction of sp³-hybridized carbons (Fsp3) is 0.467. The minimum Gasteiger partial charge on any atom is -0.302 e. The summed E-state index contributed by atoms with van der Waals surface area (Å²) in [6.45, 7) is 5.48. The van der Waals surface area contributed by atoms with Gasteiger partial charge >= 0.3 is 0 Å². The van der Waals surface area contributed by atoms with E-state index in [-0.39, 0.29) is 16.6 Å². The second-order valence-electron chi connectivity index (χ2n) is 5.04. The zero-order valence-corrected chi connectivity index (χ0v) is 13.8. The Morgan fingerprint density at radius 1 is 1.41 bits per heavy atom. The topological polar surface area (TPSA) is 86.9 Å². The number of thiocarbonyl (C=S) groups is 1. The van der Waals surface area contributed by atoms with Crippen LogP contribution >= 0.6 is 12.2 Å². The van der Waals surface area contributed by atoms with Gasteiger partial charge < -0.3 is 5.32 Å². The van der Waals surface area contributed by atoms with E-state index in [9.17, 15) is 9.59 Å². The normalized spacial score (nSPS) is 9.91. The Labute approximate surface area is 135 Å². The molecule has 22 heavy (non-hydrogen) atoms. The lowest BCUT2D eigenvalue weighted by molar-refractivity contribution is -0.119. The molecule has 0 aromatic carbocycles. The Kier molecular flexibility index (Phi) is 6.73. The maximum atomic E-state index is 12.2. The largest absolute Gasteiger partial charge is 0.302 e. The Morgan fingerprint density at radius 3 is 2.68 bits per heavy atom. The van der Waals surface area contributed by atoms with Gasteiger partial charge in [0.15, 0.2) is 5.11 Å². The summed E-state index contributed by atoms with van der Waals surface area (Å²) in [4.78, 5) is 23.9. The number of nitrogens with one attached hydrogen (secondary N) is 2. The molecule has 7 heteroatoms. The van der Waals surface area contributed by atoms with Crippen LogP contribution < -0.4 is 16.3 Å². The van der Waals surface area contributed by atoms with Gasteiger partial charge in [-0.15, -0.1) is 0 Å². The van der Waals surface area contributed by atoms with Crippen molar-refractivity contribution in [3.05, 3.63) is 33.2 Å². The molecule has 1 rings (SSSR count). The first kappa shape index (κ1) is 17.9. The van der Waals surface area contributed by atoms with Crippen molar-refractivity contribution in [3.8, 4) is 6.07 Å². The quantitative estimate of drug-likeness (QED) is 0.639. The third kappa shape index (κ3) is 4.67. The van der Waals surface area contributed by atoms with E-state index in [1.54, 1.807) is 19.9 Å². The number of carbonyl (C=O) groups is 1. The second kappa shape index (κ2) is 8.29. The average molecular weight is 320 g/mol. The third-order valence-corrected chi connectivity index (χ3v) is 3.37. The summed E-state index contributed by atoms with van der Waals surface area (Å²) in [5, 5.41) is 11.6. The van der Waals surface area contributed by atoms with E-state index < -0.39 is 5.56 Å². The first-order valence-corrected chi connectivity index (χ1v) is 7.55. The van der Waals surface area contributed by atoms with Gasteiger partial charge in [-0.05, 0) is 44.1 Å². The number of aryl methyl sites for hydroxylation is 2. The predicted octanol–water partition coefficient (Wildman–Crippen LogP) is 1.86. The molecular weight excluding hydrogens is 300 g/mol. The van der Waals surface area contributed by atoms with Crippen LogP contribution in [0.1, 0.15) is 49.4 Å². The summed E-state index contributed by atoms with van der Waals surface area (Å²) in [6, 6.07) is 3.58. The van der Waals surface area contributed by atoms with Crippen molar-refractivity contribution >= 4 is 23.2 Å². The Bertz CT molecular complexity index is 673. The van der Waals surface area contributed by atoms with Crippen LogP contribution in [0.3, 0.4) is 0 Å². The van der Waals surface area contributed by atoms with Crippen molar-refractivity contribution < 1.29 is 4.79 Å². The Hall–Kier alpha value is -2.20. The lowest BCUT2D eigenvalue weighted by Gasteiger charge is -2.15. The summed E-state index contributed by atoms with van der Waals surface area (Å²) < 4.78 is 1.17. The van der Waals surface area contributed by atoms with Crippen LogP contribution in [0.5, 0.6) is 0 Å². The van der Waals surface area contributed by atoms with Crippen LogP contribution in [-0.4, -0.2) is 15.7 Å². The number of hydrogen-bond acceptors (Lipinski definition) is 4. The van der Waals surface area contributed by atoms with Gasteiger partial charge in [0.25, 0.3) is 5.56 Å². The predicted molar refractivity (Wildman–Crippen MR) is 89.1 cm³/mol. The molecule has 2 N–H and O–H groups in total. The Morgan fingerprint density at radius 2 is 2.09 bits per heavy atom. The van der Waals surface area contributed by atoms with E-state index in [4.69, 9.17) is 17.5 Å². The molecule has 0 radical (unpaired) electrons. The highest BCUT2D eigenvalue weighted by molar-refractivity contribution is 7.80. The summed E-state index contributed by atoms with van der Waals surface area (Å²) in [7, 11) is 0. The monoisotopic (exact) mass is 320 g/mol. The molecule has 1 aromatic heterocycles. The summed E-state index contributed by atoms with van der Waals surface area (Å²) in [5.74, 6) is -0.190. The lowest BCUT2D eigenvalue weighted by atomic mass is 10.1. The minimum atomic E-state index is -0.484.